The highest BCUT2D eigenvalue weighted by molar-refractivity contribution is 5.42. The van der Waals surface area contributed by atoms with Crippen LogP contribution in [-0.4, -0.2) is 24.1 Å². The zero-order chi connectivity index (χ0) is 10.8. The number of halogens is 2. The molecule has 0 aliphatic heterocycles. The van der Waals surface area contributed by atoms with Gasteiger partial charge in [0.1, 0.15) is 5.82 Å². The summed E-state index contributed by atoms with van der Waals surface area (Å²) in [4.78, 5) is 5.59. The van der Waals surface area contributed by atoms with Gasteiger partial charge < -0.3 is 10.6 Å². The van der Waals surface area contributed by atoms with Gasteiger partial charge in [0.25, 0.3) is 0 Å². The summed E-state index contributed by atoms with van der Waals surface area (Å²) in [5.41, 5.74) is 5.45. The van der Waals surface area contributed by atoms with Gasteiger partial charge in [-0.15, -0.1) is 0 Å². The molecular formula is C10H13F2N3. The van der Waals surface area contributed by atoms with Crippen molar-refractivity contribution in [1.82, 2.24) is 4.98 Å². The van der Waals surface area contributed by atoms with Gasteiger partial charge in [0.2, 0.25) is 0 Å². The highest BCUT2D eigenvalue weighted by Crippen LogP contribution is 2.31. The van der Waals surface area contributed by atoms with Gasteiger partial charge in [0.05, 0.1) is 6.20 Å². The normalized spacial score (nSPS) is 15.4. The average molecular weight is 213 g/mol. The Labute approximate surface area is 86.9 Å². The number of nitrogens with two attached hydrogens (primary N) is 1. The second-order valence-corrected chi connectivity index (χ2v) is 3.67. The van der Waals surface area contributed by atoms with E-state index >= 15 is 0 Å². The summed E-state index contributed by atoms with van der Waals surface area (Å²) in [5.74, 6) is -1.06. The minimum Gasteiger partial charge on any atom is -0.350 e. The fourth-order valence-electron chi connectivity index (χ4n) is 1.61. The van der Waals surface area contributed by atoms with Crippen LogP contribution in [0.4, 0.5) is 14.6 Å². The molecule has 1 aliphatic carbocycles. The van der Waals surface area contributed by atoms with Crippen LogP contribution in [0.15, 0.2) is 12.3 Å². The van der Waals surface area contributed by atoms with Crippen LogP contribution in [0.1, 0.15) is 12.8 Å². The summed E-state index contributed by atoms with van der Waals surface area (Å²) >= 11 is 0. The Morgan fingerprint density at radius 1 is 1.47 bits per heavy atom. The molecule has 15 heavy (non-hydrogen) atoms. The van der Waals surface area contributed by atoms with E-state index in [2.05, 4.69) is 4.98 Å². The maximum Gasteiger partial charge on any atom is 0.168 e. The Balaban J connectivity index is 2.24. The molecule has 2 rings (SSSR count). The monoisotopic (exact) mass is 213 g/mol. The Morgan fingerprint density at radius 2 is 2.20 bits per heavy atom. The van der Waals surface area contributed by atoms with Gasteiger partial charge in [-0.05, 0) is 12.8 Å². The molecule has 1 aromatic rings. The number of hydrogen-bond donors (Lipinski definition) is 1. The molecule has 5 heteroatoms. The topological polar surface area (TPSA) is 42.1 Å². The standard InChI is InChI=1S/C10H13F2N3/c11-7-5-9(12)10(14-6-7)15(4-3-13)8-1-2-8/h5-6,8H,1-4,13H2. The molecule has 0 spiro atoms. The van der Waals surface area contributed by atoms with E-state index in [0.717, 1.165) is 25.1 Å². The van der Waals surface area contributed by atoms with Crippen molar-refractivity contribution >= 4 is 5.82 Å². The number of rotatable bonds is 4. The lowest BCUT2D eigenvalue weighted by Gasteiger charge is -2.22. The van der Waals surface area contributed by atoms with Gasteiger partial charge in [0, 0.05) is 25.2 Å². The molecular weight excluding hydrogens is 200 g/mol. The predicted molar refractivity (Wildman–Crippen MR) is 53.6 cm³/mol. The van der Waals surface area contributed by atoms with Gasteiger partial charge in [-0.3, -0.25) is 0 Å². The molecule has 0 aromatic carbocycles. The van der Waals surface area contributed by atoms with Crippen LogP contribution in [-0.2, 0) is 0 Å². The fourth-order valence-corrected chi connectivity index (χ4v) is 1.61. The molecule has 1 aromatic heterocycles. The molecule has 0 unspecified atom stereocenters. The summed E-state index contributed by atoms with van der Waals surface area (Å²) < 4.78 is 26.1. The van der Waals surface area contributed by atoms with E-state index in [0.29, 0.717) is 19.1 Å². The van der Waals surface area contributed by atoms with Crippen molar-refractivity contribution in [3.8, 4) is 0 Å². The van der Waals surface area contributed by atoms with Crippen LogP contribution >= 0.6 is 0 Å². The minimum atomic E-state index is -0.653. The van der Waals surface area contributed by atoms with Crippen LogP contribution < -0.4 is 10.6 Å². The Hall–Kier alpha value is -1.23. The highest BCUT2D eigenvalue weighted by atomic mass is 19.1. The van der Waals surface area contributed by atoms with E-state index in [1.165, 1.54) is 0 Å². The molecule has 0 bridgehead atoms. The third kappa shape index (κ3) is 2.23. The summed E-state index contributed by atoms with van der Waals surface area (Å²) in [7, 11) is 0. The van der Waals surface area contributed by atoms with E-state index in [4.69, 9.17) is 5.73 Å². The number of aromatic nitrogens is 1. The summed E-state index contributed by atoms with van der Waals surface area (Å²) in [6.07, 6.45) is 3.08. The predicted octanol–water partition coefficient (Wildman–Crippen LogP) is 1.29. The van der Waals surface area contributed by atoms with Crippen LogP contribution in [0.2, 0.25) is 0 Å². The molecule has 1 heterocycles. The van der Waals surface area contributed by atoms with Crippen LogP contribution in [0, 0.1) is 11.6 Å². The third-order valence-electron chi connectivity index (χ3n) is 2.42. The van der Waals surface area contributed by atoms with Crippen molar-refractivity contribution in [1.29, 1.82) is 0 Å². The first-order valence-electron chi connectivity index (χ1n) is 5.00. The average Bonchev–Trinajstić information content (AvgIpc) is 2.98. The van der Waals surface area contributed by atoms with Gasteiger partial charge in [-0.25, -0.2) is 13.8 Å². The van der Waals surface area contributed by atoms with E-state index in [1.807, 2.05) is 4.90 Å². The number of anilines is 1. The zero-order valence-corrected chi connectivity index (χ0v) is 8.29. The number of hydrogen-bond acceptors (Lipinski definition) is 3. The molecule has 82 valence electrons. The van der Waals surface area contributed by atoms with E-state index < -0.39 is 11.6 Å². The summed E-state index contributed by atoms with van der Waals surface area (Å²) in [6.45, 7) is 0.995. The van der Waals surface area contributed by atoms with Crippen LogP contribution in [0.5, 0.6) is 0 Å². The quantitative estimate of drug-likeness (QED) is 0.819. The fraction of sp³-hybridized carbons (Fsp3) is 0.500. The number of pyridine rings is 1. The van der Waals surface area contributed by atoms with Crippen LogP contribution in [0.3, 0.4) is 0 Å². The maximum absolute atomic E-state index is 13.4. The first kappa shape index (κ1) is 10.3. The van der Waals surface area contributed by atoms with Crippen molar-refractivity contribution in [2.24, 2.45) is 5.73 Å². The van der Waals surface area contributed by atoms with Crippen molar-refractivity contribution in [3.63, 3.8) is 0 Å². The Morgan fingerprint density at radius 3 is 2.73 bits per heavy atom. The summed E-state index contributed by atoms with van der Waals surface area (Å²) in [5, 5.41) is 0. The lowest BCUT2D eigenvalue weighted by Crippen LogP contribution is -2.32. The van der Waals surface area contributed by atoms with Crippen LogP contribution in [0.25, 0.3) is 0 Å². The SMILES string of the molecule is NCCN(c1ncc(F)cc1F)C1CC1. The molecule has 0 atom stereocenters. The van der Waals surface area contributed by atoms with Gasteiger partial charge in [-0.2, -0.15) is 0 Å². The molecule has 3 nitrogen and oxygen atoms in total. The van der Waals surface area contributed by atoms with Crippen molar-refractivity contribution < 1.29 is 8.78 Å². The largest absolute Gasteiger partial charge is 0.350 e. The molecule has 0 amide bonds. The highest BCUT2D eigenvalue weighted by Gasteiger charge is 2.31. The number of nitrogens with zero attached hydrogens (tertiary/aromatic N) is 2. The molecule has 0 radical (unpaired) electrons. The lowest BCUT2D eigenvalue weighted by molar-refractivity contribution is 0.565. The second-order valence-electron chi connectivity index (χ2n) is 3.67. The molecule has 1 aliphatic rings. The second kappa shape index (κ2) is 4.10. The van der Waals surface area contributed by atoms with Crippen molar-refractivity contribution in [2.75, 3.05) is 18.0 Å². The Bertz CT molecular complexity index is 353. The van der Waals surface area contributed by atoms with Gasteiger partial charge in [-0.1, -0.05) is 0 Å². The van der Waals surface area contributed by atoms with Gasteiger partial charge in [0.15, 0.2) is 11.6 Å². The third-order valence-corrected chi connectivity index (χ3v) is 2.42. The van der Waals surface area contributed by atoms with Crippen molar-refractivity contribution in [3.05, 3.63) is 23.9 Å². The van der Waals surface area contributed by atoms with Gasteiger partial charge >= 0.3 is 0 Å². The minimum absolute atomic E-state index is 0.212. The zero-order valence-electron chi connectivity index (χ0n) is 8.29. The first-order chi connectivity index (χ1) is 7.22. The molecule has 2 N–H and O–H groups in total. The van der Waals surface area contributed by atoms with E-state index in [-0.39, 0.29) is 5.82 Å². The molecule has 1 fully saturated rings. The molecule has 1 saturated carbocycles. The summed E-state index contributed by atoms with van der Waals surface area (Å²) in [6, 6.07) is 1.18. The smallest absolute Gasteiger partial charge is 0.168 e. The first-order valence-corrected chi connectivity index (χ1v) is 5.00. The van der Waals surface area contributed by atoms with Crippen molar-refractivity contribution in [2.45, 2.75) is 18.9 Å². The van der Waals surface area contributed by atoms with E-state index in [1.54, 1.807) is 0 Å². The molecule has 0 saturated heterocycles. The lowest BCUT2D eigenvalue weighted by atomic mass is 10.3. The maximum atomic E-state index is 13.4. The van der Waals surface area contributed by atoms with E-state index in [9.17, 15) is 8.78 Å². The Kier molecular flexibility index (Phi) is 2.81.